The number of hydrogen-bond donors (Lipinski definition) is 1. The Balaban J connectivity index is 2.23. The number of aliphatic hydroxyl groups is 1. The fraction of sp³-hybridized carbons (Fsp3) is 0.438. The number of aliphatic hydroxyl groups excluding tert-OH is 1. The van der Waals surface area contributed by atoms with Gasteiger partial charge in [0.15, 0.2) is 0 Å². The molecule has 1 aromatic rings. The van der Waals surface area contributed by atoms with Crippen LogP contribution in [0.15, 0.2) is 18.2 Å². The number of thioether (sulfide) groups is 1. The van der Waals surface area contributed by atoms with Gasteiger partial charge in [0, 0.05) is 29.2 Å². The highest BCUT2D eigenvalue weighted by atomic mass is 32.2. The molecule has 21 heavy (non-hydrogen) atoms. The lowest BCUT2D eigenvalue weighted by Crippen LogP contribution is -2.48. The van der Waals surface area contributed by atoms with Gasteiger partial charge in [0.2, 0.25) is 0 Å². The third-order valence-electron chi connectivity index (χ3n) is 3.66. The molecule has 1 saturated heterocycles. The molecule has 3 nitrogen and oxygen atoms in total. The van der Waals surface area contributed by atoms with Crippen LogP contribution in [0.1, 0.15) is 29.8 Å². The third kappa shape index (κ3) is 3.58. The Morgan fingerprint density at radius 1 is 1.52 bits per heavy atom. The molecular formula is C16H18FNO2S. The van der Waals surface area contributed by atoms with Gasteiger partial charge in [-0.3, -0.25) is 4.79 Å². The van der Waals surface area contributed by atoms with E-state index in [1.54, 1.807) is 11.0 Å². The lowest BCUT2D eigenvalue weighted by molar-refractivity contribution is 0.0693. The minimum Gasteiger partial charge on any atom is -0.384 e. The van der Waals surface area contributed by atoms with Crippen molar-refractivity contribution in [1.29, 1.82) is 0 Å². The molecule has 0 bridgehead atoms. The molecule has 112 valence electrons. The van der Waals surface area contributed by atoms with Gasteiger partial charge in [-0.15, -0.1) is 0 Å². The average molecular weight is 307 g/mol. The maximum absolute atomic E-state index is 14.1. The number of halogens is 1. The van der Waals surface area contributed by atoms with Gasteiger partial charge in [-0.05, 0) is 25.1 Å². The van der Waals surface area contributed by atoms with Crippen molar-refractivity contribution < 1.29 is 14.3 Å². The summed E-state index contributed by atoms with van der Waals surface area (Å²) < 4.78 is 14.1. The minimum atomic E-state index is -0.567. The van der Waals surface area contributed by atoms with E-state index in [1.165, 1.54) is 12.1 Å². The van der Waals surface area contributed by atoms with Crippen LogP contribution in [-0.2, 0) is 0 Å². The maximum Gasteiger partial charge on any atom is 0.257 e. The van der Waals surface area contributed by atoms with E-state index in [4.69, 9.17) is 5.11 Å². The minimum absolute atomic E-state index is 0.0792. The van der Waals surface area contributed by atoms with Crippen molar-refractivity contribution in [2.24, 2.45) is 0 Å². The molecular weight excluding hydrogens is 289 g/mol. The molecule has 0 spiro atoms. The third-order valence-corrected chi connectivity index (χ3v) is 4.99. The highest BCUT2D eigenvalue weighted by molar-refractivity contribution is 8.00. The summed E-state index contributed by atoms with van der Waals surface area (Å²) >= 11 is 1.83. The Morgan fingerprint density at radius 3 is 2.95 bits per heavy atom. The molecule has 2 rings (SSSR count). The zero-order valence-corrected chi connectivity index (χ0v) is 12.9. The fourth-order valence-electron chi connectivity index (χ4n) is 2.28. The molecule has 1 N–H and O–H groups in total. The highest BCUT2D eigenvalue weighted by Gasteiger charge is 2.30. The van der Waals surface area contributed by atoms with Crippen molar-refractivity contribution in [2.45, 2.75) is 25.1 Å². The smallest absolute Gasteiger partial charge is 0.257 e. The van der Waals surface area contributed by atoms with Crippen molar-refractivity contribution in [1.82, 2.24) is 4.90 Å². The van der Waals surface area contributed by atoms with E-state index in [1.807, 2.05) is 18.7 Å². The molecule has 1 aromatic carbocycles. The Kier molecular flexibility index (Phi) is 5.27. The lowest BCUT2D eigenvalue weighted by atomic mass is 10.1. The molecule has 1 aliphatic rings. The first kappa shape index (κ1) is 15.9. The molecule has 0 aliphatic carbocycles. The quantitative estimate of drug-likeness (QED) is 0.808. The van der Waals surface area contributed by atoms with Gasteiger partial charge in [0.25, 0.3) is 5.91 Å². The lowest BCUT2D eigenvalue weighted by Gasteiger charge is -2.37. The maximum atomic E-state index is 14.1. The topological polar surface area (TPSA) is 40.5 Å². The zero-order chi connectivity index (χ0) is 15.4. The monoisotopic (exact) mass is 307 g/mol. The van der Waals surface area contributed by atoms with Gasteiger partial charge in [-0.2, -0.15) is 11.8 Å². The Hall–Kier alpha value is -1.51. The normalized spacial score (nSPS) is 21.6. The van der Waals surface area contributed by atoms with Gasteiger partial charge in [0.05, 0.1) is 5.56 Å². The van der Waals surface area contributed by atoms with Crippen LogP contribution in [0.5, 0.6) is 0 Å². The summed E-state index contributed by atoms with van der Waals surface area (Å²) in [6.07, 6.45) is 0. The van der Waals surface area contributed by atoms with E-state index in [2.05, 4.69) is 18.8 Å². The Morgan fingerprint density at radius 2 is 2.29 bits per heavy atom. The summed E-state index contributed by atoms with van der Waals surface area (Å²) in [6.45, 7) is 4.44. The second-order valence-electron chi connectivity index (χ2n) is 4.97. The molecule has 0 radical (unpaired) electrons. The SMILES string of the molecule is CC1SCCN(C(=O)c2ccc(C#CCO)cc2F)C1C. The largest absolute Gasteiger partial charge is 0.384 e. The first-order chi connectivity index (χ1) is 10.0. The second kappa shape index (κ2) is 6.97. The summed E-state index contributed by atoms with van der Waals surface area (Å²) in [5.41, 5.74) is 0.532. The van der Waals surface area contributed by atoms with Crippen molar-refractivity contribution >= 4 is 17.7 Å². The van der Waals surface area contributed by atoms with Crippen LogP contribution < -0.4 is 0 Å². The number of rotatable bonds is 1. The Labute approximate surface area is 128 Å². The van der Waals surface area contributed by atoms with E-state index in [9.17, 15) is 9.18 Å². The van der Waals surface area contributed by atoms with Gasteiger partial charge < -0.3 is 10.0 Å². The van der Waals surface area contributed by atoms with Gasteiger partial charge in [0.1, 0.15) is 12.4 Å². The number of carbonyl (C=O) groups is 1. The molecule has 1 aliphatic heterocycles. The van der Waals surface area contributed by atoms with Crippen molar-refractivity contribution in [3.05, 3.63) is 35.1 Å². The molecule has 1 heterocycles. The average Bonchev–Trinajstić information content (AvgIpc) is 2.47. The van der Waals surface area contributed by atoms with E-state index < -0.39 is 5.82 Å². The molecule has 1 amide bonds. The van der Waals surface area contributed by atoms with Crippen molar-refractivity contribution in [3.8, 4) is 11.8 Å². The summed E-state index contributed by atoms with van der Waals surface area (Å²) in [5, 5.41) is 8.98. The molecule has 1 fully saturated rings. The number of benzene rings is 1. The van der Waals surface area contributed by atoms with Crippen LogP contribution in [0.3, 0.4) is 0 Å². The van der Waals surface area contributed by atoms with E-state index >= 15 is 0 Å². The van der Waals surface area contributed by atoms with Crippen molar-refractivity contribution in [3.63, 3.8) is 0 Å². The fourth-order valence-corrected chi connectivity index (χ4v) is 3.38. The second-order valence-corrected chi connectivity index (χ2v) is 6.45. The van der Waals surface area contributed by atoms with Crippen LogP contribution in [0.4, 0.5) is 4.39 Å². The van der Waals surface area contributed by atoms with Gasteiger partial charge >= 0.3 is 0 Å². The summed E-state index contributed by atoms with van der Waals surface area (Å²) in [7, 11) is 0. The van der Waals surface area contributed by atoms with Crippen LogP contribution in [0, 0.1) is 17.7 Å². The summed E-state index contributed by atoms with van der Waals surface area (Å²) in [5.74, 6) is 5.12. The number of amides is 1. The van der Waals surface area contributed by atoms with Crippen LogP contribution in [0.2, 0.25) is 0 Å². The molecule has 2 atom stereocenters. The van der Waals surface area contributed by atoms with E-state index in [-0.39, 0.29) is 24.1 Å². The summed E-state index contributed by atoms with van der Waals surface area (Å²) in [4.78, 5) is 14.2. The van der Waals surface area contributed by atoms with Crippen LogP contribution >= 0.6 is 11.8 Å². The van der Waals surface area contributed by atoms with Gasteiger partial charge in [-0.25, -0.2) is 4.39 Å². The van der Waals surface area contributed by atoms with Crippen molar-refractivity contribution in [2.75, 3.05) is 18.9 Å². The van der Waals surface area contributed by atoms with Gasteiger partial charge in [-0.1, -0.05) is 18.8 Å². The highest BCUT2D eigenvalue weighted by Crippen LogP contribution is 2.26. The standard InChI is InChI=1S/C16H18FNO2S/c1-11-12(2)21-9-7-18(11)16(20)14-6-5-13(4-3-8-19)10-15(14)17/h5-6,10-12,19H,7-9H2,1-2H3. The predicted octanol–water partition coefficient (Wildman–Crippen LogP) is 2.14. The molecule has 2 unspecified atom stereocenters. The van der Waals surface area contributed by atoms with Crippen LogP contribution in [0.25, 0.3) is 0 Å². The zero-order valence-electron chi connectivity index (χ0n) is 12.1. The van der Waals surface area contributed by atoms with E-state index in [0.717, 1.165) is 5.75 Å². The predicted molar refractivity (Wildman–Crippen MR) is 82.8 cm³/mol. The van der Waals surface area contributed by atoms with Crippen LogP contribution in [-0.4, -0.2) is 46.1 Å². The molecule has 0 aromatic heterocycles. The first-order valence-corrected chi connectivity index (χ1v) is 7.91. The number of nitrogens with zero attached hydrogens (tertiary/aromatic N) is 1. The summed E-state index contributed by atoms with van der Waals surface area (Å²) in [6, 6.07) is 4.40. The first-order valence-electron chi connectivity index (χ1n) is 6.86. The molecule has 0 saturated carbocycles. The number of hydrogen-bond acceptors (Lipinski definition) is 3. The molecule has 5 heteroatoms. The Bertz CT molecular complexity index is 594. The number of carbonyl (C=O) groups excluding carboxylic acids is 1. The van der Waals surface area contributed by atoms with E-state index in [0.29, 0.717) is 17.4 Å².